The molecule has 37 heavy (non-hydrogen) atoms. The van der Waals surface area contributed by atoms with E-state index in [0.717, 1.165) is 17.3 Å². The molecule has 2 heterocycles. The zero-order chi connectivity index (χ0) is 27.6. The van der Waals surface area contributed by atoms with Crippen LogP contribution >= 0.6 is 0 Å². The summed E-state index contributed by atoms with van der Waals surface area (Å²) < 4.78 is 49.9. The molecule has 1 aromatic heterocycles. The maximum Gasteiger partial charge on any atom is 0.494 e. The molecule has 1 aliphatic heterocycles. The normalized spacial score (nSPS) is 17.3. The van der Waals surface area contributed by atoms with Crippen LogP contribution < -0.4 is 20.5 Å². The molecule has 0 radical (unpaired) electrons. The lowest BCUT2D eigenvalue weighted by Gasteiger charge is -2.32. The van der Waals surface area contributed by atoms with Crippen LogP contribution in [-0.2, 0) is 24.7 Å². The average Bonchev–Trinajstić information content (AvgIpc) is 2.98. The van der Waals surface area contributed by atoms with Crippen molar-refractivity contribution in [2.45, 2.75) is 65.1 Å². The third-order valence-electron chi connectivity index (χ3n) is 6.98. The summed E-state index contributed by atoms with van der Waals surface area (Å²) in [6.07, 6.45) is 1.05. The summed E-state index contributed by atoms with van der Waals surface area (Å²) in [6.45, 7) is 14.2. The minimum Gasteiger partial charge on any atom is -0.496 e. The van der Waals surface area contributed by atoms with Gasteiger partial charge in [0.2, 0.25) is 10.0 Å². The number of nitrogens with one attached hydrogen (secondary N) is 1. The van der Waals surface area contributed by atoms with E-state index >= 15 is 0 Å². The molecular formula is C27H34BNO7S. The van der Waals surface area contributed by atoms with E-state index in [1.807, 2.05) is 39.8 Å². The van der Waals surface area contributed by atoms with Crippen molar-refractivity contribution in [2.75, 3.05) is 18.1 Å². The summed E-state index contributed by atoms with van der Waals surface area (Å²) in [5.74, 6) is 0.910. The van der Waals surface area contributed by atoms with E-state index in [0.29, 0.717) is 22.5 Å². The molecule has 0 unspecified atom stereocenters. The first-order valence-corrected chi connectivity index (χ1v) is 14.0. The Bertz CT molecular complexity index is 1520. The molecule has 8 nitrogen and oxygen atoms in total. The average molecular weight is 527 g/mol. The van der Waals surface area contributed by atoms with E-state index in [1.54, 1.807) is 25.3 Å². The van der Waals surface area contributed by atoms with Gasteiger partial charge in [-0.3, -0.25) is 4.72 Å². The molecule has 0 aliphatic carbocycles. The SMILES string of the molecule is COc1c(-c2cc3ccc(NS(C)(=O)=O)cc3c(=O)o2)cc(B2OC(C)(C)C(C)(C)O2)cc1C(C)(C)C. The van der Waals surface area contributed by atoms with Crippen molar-refractivity contribution < 1.29 is 26.9 Å². The second-order valence-corrected chi connectivity index (χ2v) is 13.3. The summed E-state index contributed by atoms with van der Waals surface area (Å²) in [6, 6.07) is 10.4. The molecule has 4 rings (SSSR count). The number of ether oxygens (including phenoxy) is 1. The van der Waals surface area contributed by atoms with Crippen LogP contribution in [0.4, 0.5) is 5.69 Å². The van der Waals surface area contributed by atoms with Crippen LogP contribution in [0.5, 0.6) is 5.75 Å². The highest BCUT2D eigenvalue weighted by Gasteiger charge is 2.52. The van der Waals surface area contributed by atoms with Gasteiger partial charge in [-0.2, -0.15) is 0 Å². The largest absolute Gasteiger partial charge is 0.496 e. The van der Waals surface area contributed by atoms with Gasteiger partial charge in [-0.1, -0.05) is 32.9 Å². The summed E-state index contributed by atoms with van der Waals surface area (Å²) in [5, 5.41) is 0.861. The van der Waals surface area contributed by atoms with Crippen LogP contribution in [0.15, 0.2) is 45.6 Å². The first-order valence-electron chi connectivity index (χ1n) is 12.1. The summed E-state index contributed by atoms with van der Waals surface area (Å²) in [5.41, 5.74) is 0.637. The Morgan fingerprint density at radius 2 is 1.59 bits per heavy atom. The van der Waals surface area contributed by atoms with Gasteiger partial charge in [0.05, 0.1) is 35.5 Å². The van der Waals surface area contributed by atoms with Gasteiger partial charge in [0.1, 0.15) is 11.5 Å². The topological polar surface area (TPSA) is 104 Å². The monoisotopic (exact) mass is 527 g/mol. The molecule has 0 bridgehead atoms. The van der Waals surface area contributed by atoms with Crippen molar-refractivity contribution in [3.8, 4) is 17.1 Å². The van der Waals surface area contributed by atoms with Gasteiger partial charge in [0.25, 0.3) is 0 Å². The number of benzene rings is 2. The van der Waals surface area contributed by atoms with Gasteiger partial charge < -0.3 is 18.5 Å². The van der Waals surface area contributed by atoms with Gasteiger partial charge in [0, 0.05) is 5.69 Å². The third kappa shape index (κ3) is 5.28. The van der Waals surface area contributed by atoms with Crippen LogP contribution in [-0.4, -0.2) is 40.1 Å². The number of anilines is 1. The Kier molecular flexibility index (Phi) is 6.54. The maximum absolute atomic E-state index is 13.0. The Labute approximate surface area is 218 Å². The lowest BCUT2D eigenvalue weighted by atomic mass is 9.73. The van der Waals surface area contributed by atoms with Gasteiger partial charge in [-0.15, -0.1) is 0 Å². The van der Waals surface area contributed by atoms with E-state index in [1.165, 1.54) is 6.07 Å². The molecule has 1 aliphatic rings. The van der Waals surface area contributed by atoms with E-state index in [4.69, 9.17) is 18.5 Å². The molecule has 1 saturated heterocycles. The van der Waals surface area contributed by atoms with Gasteiger partial charge in [0.15, 0.2) is 0 Å². The fraction of sp³-hybridized carbons (Fsp3) is 0.444. The van der Waals surface area contributed by atoms with Crippen LogP contribution in [0.1, 0.15) is 54.0 Å². The predicted molar refractivity (Wildman–Crippen MR) is 147 cm³/mol. The van der Waals surface area contributed by atoms with Crippen molar-refractivity contribution in [3.05, 3.63) is 52.4 Å². The fourth-order valence-electron chi connectivity index (χ4n) is 4.32. The number of fused-ring (bicyclic) bond motifs is 1. The van der Waals surface area contributed by atoms with Crippen LogP contribution in [0.3, 0.4) is 0 Å². The summed E-state index contributed by atoms with van der Waals surface area (Å²) in [7, 11) is -2.52. The molecule has 0 spiro atoms. The first-order chi connectivity index (χ1) is 16.9. The van der Waals surface area contributed by atoms with E-state index in [-0.39, 0.29) is 16.5 Å². The molecule has 0 saturated carbocycles. The zero-order valence-electron chi connectivity index (χ0n) is 22.8. The number of hydrogen-bond donors (Lipinski definition) is 1. The standard InChI is InChI=1S/C27H34BNO7S/c1-25(2,3)21-14-17(28-35-26(4,5)27(6,7)36-28)13-20(23(21)33-8)22-12-16-10-11-18(29-37(9,31)32)15-19(16)24(30)34-22/h10-15,29H,1-9H3. The maximum atomic E-state index is 13.0. The van der Waals surface area contributed by atoms with Gasteiger partial charge in [-0.25, -0.2) is 13.2 Å². The highest BCUT2D eigenvalue weighted by Crippen LogP contribution is 2.41. The minimum atomic E-state index is -3.49. The van der Waals surface area contributed by atoms with Crippen molar-refractivity contribution in [2.24, 2.45) is 0 Å². The van der Waals surface area contributed by atoms with Crippen molar-refractivity contribution >= 4 is 39.1 Å². The number of sulfonamides is 1. The van der Waals surface area contributed by atoms with Crippen molar-refractivity contribution in [3.63, 3.8) is 0 Å². The van der Waals surface area contributed by atoms with Crippen LogP contribution in [0, 0.1) is 0 Å². The fourth-order valence-corrected chi connectivity index (χ4v) is 4.88. The van der Waals surface area contributed by atoms with Crippen LogP contribution in [0.25, 0.3) is 22.1 Å². The summed E-state index contributed by atoms with van der Waals surface area (Å²) in [4.78, 5) is 13.0. The van der Waals surface area contributed by atoms with E-state index in [2.05, 4.69) is 25.5 Å². The number of rotatable bonds is 5. The lowest BCUT2D eigenvalue weighted by molar-refractivity contribution is 0.00578. The predicted octanol–water partition coefficient (Wildman–Crippen LogP) is 4.44. The molecule has 10 heteroatoms. The van der Waals surface area contributed by atoms with Crippen LogP contribution in [0.2, 0.25) is 0 Å². The molecule has 198 valence electrons. The Balaban J connectivity index is 1.92. The molecule has 3 aromatic rings. The molecule has 2 aromatic carbocycles. The van der Waals surface area contributed by atoms with Crippen molar-refractivity contribution in [1.82, 2.24) is 0 Å². The zero-order valence-corrected chi connectivity index (χ0v) is 23.6. The highest BCUT2D eigenvalue weighted by molar-refractivity contribution is 7.92. The molecule has 1 fully saturated rings. The quantitative estimate of drug-likeness (QED) is 0.490. The second-order valence-electron chi connectivity index (χ2n) is 11.6. The van der Waals surface area contributed by atoms with E-state index in [9.17, 15) is 13.2 Å². The molecule has 0 amide bonds. The number of hydrogen-bond acceptors (Lipinski definition) is 7. The molecule has 0 atom stereocenters. The minimum absolute atomic E-state index is 0.259. The molecular weight excluding hydrogens is 493 g/mol. The third-order valence-corrected chi connectivity index (χ3v) is 7.59. The van der Waals surface area contributed by atoms with Gasteiger partial charge >= 0.3 is 12.7 Å². The first kappa shape index (κ1) is 27.2. The Hall–Kier alpha value is -2.82. The highest BCUT2D eigenvalue weighted by atomic mass is 32.2. The lowest BCUT2D eigenvalue weighted by Crippen LogP contribution is -2.41. The Morgan fingerprint density at radius 3 is 2.14 bits per heavy atom. The van der Waals surface area contributed by atoms with Gasteiger partial charge in [-0.05, 0) is 73.8 Å². The summed E-state index contributed by atoms with van der Waals surface area (Å²) >= 11 is 0. The Morgan fingerprint density at radius 1 is 0.973 bits per heavy atom. The smallest absolute Gasteiger partial charge is 0.494 e. The number of methoxy groups -OCH3 is 1. The van der Waals surface area contributed by atoms with Crippen molar-refractivity contribution in [1.29, 1.82) is 0 Å². The molecule has 1 N–H and O–H groups in total. The second kappa shape index (κ2) is 8.89. The van der Waals surface area contributed by atoms with E-state index < -0.39 is 34.0 Å².